The number of amides is 1. The van der Waals surface area contributed by atoms with Crippen LogP contribution in [0.1, 0.15) is 21.5 Å². The molecule has 2 aromatic rings. The molecule has 28 heavy (non-hydrogen) atoms. The minimum Gasteiger partial charge on any atom is -0.286 e. The van der Waals surface area contributed by atoms with Crippen molar-refractivity contribution in [3.05, 3.63) is 75.3 Å². The van der Waals surface area contributed by atoms with Crippen LogP contribution in [0.15, 0.2) is 53.5 Å². The lowest BCUT2D eigenvalue weighted by molar-refractivity contribution is -0.384. The molecule has 2 aromatic carbocycles. The molecular weight excluding hydrogens is 395 g/mol. The number of halogens is 3. The lowest BCUT2D eigenvalue weighted by Crippen LogP contribution is -2.34. The van der Waals surface area contributed by atoms with E-state index in [1.165, 1.54) is 29.2 Å². The van der Waals surface area contributed by atoms with Gasteiger partial charge in [-0.1, -0.05) is 36.0 Å². The number of thioether (sulfide) groups is 1. The van der Waals surface area contributed by atoms with Gasteiger partial charge >= 0.3 is 6.18 Å². The van der Waals surface area contributed by atoms with E-state index in [0.717, 1.165) is 23.9 Å². The summed E-state index contributed by atoms with van der Waals surface area (Å²) in [6.45, 7) is 0.472. The molecule has 0 N–H and O–H groups in total. The van der Waals surface area contributed by atoms with Gasteiger partial charge in [-0.05, 0) is 17.7 Å². The molecule has 0 spiro atoms. The maximum Gasteiger partial charge on any atom is 0.417 e. The Labute approximate surface area is 162 Å². The predicted molar refractivity (Wildman–Crippen MR) is 99.2 cm³/mol. The molecule has 1 aliphatic rings. The summed E-state index contributed by atoms with van der Waals surface area (Å²) in [5.41, 5.74) is -0.828. The van der Waals surface area contributed by atoms with Gasteiger partial charge in [-0.3, -0.25) is 24.8 Å². The number of aliphatic imine (C=N–C) groups is 1. The first-order valence-electron chi connectivity index (χ1n) is 8.16. The molecule has 0 unspecified atom stereocenters. The van der Waals surface area contributed by atoms with Crippen molar-refractivity contribution in [1.82, 2.24) is 4.90 Å². The van der Waals surface area contributed by atoms with E-state index in [4.69, 9.17) is 0 Å². The molecule has 0 fully saturated rings. The highest BCUT2D eigenvalue weighted by Gasteiger charge is 2.37. The Morgan fingerprint density at radius 1 is 1.21 bits per heavy atom. The lowest BCUT2D eigenvalue weighted by Gasteiger charge is -2.20. The van der Waals surface area contributed by atoms with E-state index in [0.29, 0.717) is 16.5 Å². The van der Waals surface area contributed by atoms with Gasteiger partial charge in [0.2, 0.25) is 0 Å². The zero-order valence-corrected chi connectivity index (χ0v) is 15.2. The van der Waals surface area contributed by atoms with Gasteiger partial charge in [0.15, 0.2) is 5.17 Å². The summed E-state index contributed by atoms with van der Waals surface area (Å²) in [5.74, 6) is -0.471. The van der Waals surface area contributed by atoms with E-state index >= 15 is 0 Å². The van der Waals surface area contributed by atoms with Gasteiger partial charge in [0.25, 0.3) is 11.6 Å². The van der Waals surface area contributed by atoms with Crippen LogP contribution in [-0.4, -0.2) is 34.0 Å². The van der Waals surface area contributed by atoms with Gasteiger partial charge in [-0.25, -0.2) is 0 Å². The first-order valence-corrected chi connectivity index (χ1v) is 9.14. The molecule has 146 valence electrons. The molecule has 1 amide bonds. The third-order valence-corrected chi connectivity index (χ3v) is 5.08. The van der Waals surface area contributed by atoms with Crippen molar-refractivity contribution in [2.24, 2.45) is 4.99 Å². The van der Waals surface area contributed by atoms with Gasteiger partial charge in [-0.15, -0.1) is 0 Å². The Morgan fingerprint density at radius 2 is 1.96 bits per heavy atom. The number of carbonyl (C=O) groups excluding carboxylic acids is 1. The van der Waals surface area contributed by atoms with Crippen LogP contribution < -0.4 is 0 Å². The molecule has 0 atom stereocenters. The number of hydrogen-bond acceptors (Lipinski definition) is 5. The van der Waals surface area contributed by atoms with E-state index in [2.05, 4.69) is 4.99 Å². The van der Waals surface area contributed by atoms with Crippen molar-refractivity contribution in [3.8, 4) is 0 Å². The molecule has 0 bridgehead atoms. The van der Waals surface area contributed by atoms with Crippen molar-refractivity contribution in [2.45, 2.75) is 11.9 Å². The number of benzene rings is 2. The maximum absolute atomic E-state index is 13.2. The number of amidine groups is 1. The van der Waals surface area contributed by atoms with E-state index in [1.54, 1.807) is 12.1 Å². The van der Waals surface area contributed by atoms with Gasteiger partial charge in [0.05, 0.1) is 22.6 Å². The average Bonchev–Trinajstić information content (AvgIpc) is 3.14. The smallest absolute Gasteiger partial charge is 0.286 e. The highest BCUT2D eigenvalue weighted by Crippen LogP contribution is 2.33. The van der Waals surface area contributed by atoms with E-state index < -0.39 is 28.1 Å². The summed E-state index contributed by atoms with van der Waals surface area (Å²) >= 11 is 1.15. The second-order valence-electron chi connectivity index (χ2n) is 5.88. The molecular formula is C18H14F3N3O3S. The van der Waals surface area contributed by atoms with Crippen LogP contribution in [0.2, 0.25) is 0 Å². The molecule has 6 nitrogen and oxygen atoms in total. The second kappa shape index (κ2) is 8.01. The van der Waals surface area contributed by atoms with Crippen molar-refractivity contribution in [2.75, 3.05) is 13.1 Å². The monoisotopic (exact) mass is 409 g/mol. The number of nitro groups is 1. The standard InChI is InChI=1S/C18H14F3N3O3S/c19-18(20,21)15-7-2-1-6-14(15)16(25)23-9-8-22-17(23)28-11-12-4-3-5-13(10-12)24(26)27/h1-7,10H,8-9,11H2. The Bertz CT molecular complexity index is 947. The Morgan fingerprint density at radius 3 is 2.68 bits per heavy atom. The molecule has 0 radical (unpaired) electrons. The first-order chi connectivity index (χ1) is 13.3. The number of carbonyl (C=O) groups is 1. The fourth-order valence-corrected chi connectivity index (χ4v) is 3.70. The molecule has 0 aliphatic carbocycles. The van der Waals surface area contributed by atoms with E-state index in [1.807, 2.05) is 0 Å². The SMILES string of the molecule is O=C(c1ccccc1C(F)(F)F)N1CCN=C1SCc1cccc([N+](=O)[O-])c1. The van der Waals surface area contributed by atoms with E-state index in [9.17, 15) is 28.1 Å². The van der Waals surface area contributed by atoms with Crippen LogP contribution in [0.4, 0.5) is 18.9 Å². The minimum absolute atomic E-state index is 0.0569. The van der Waals surface area contributed by atoms with Crippen LogP contribution in [-0.2, 0) is 11.9 Å². The number of non-ortho nitro benzene ring substituents is 1. The van der Waals surface area contributed by atoms with Crippen molar-refractivity contribution in [1.29, 1.82) is 0 Å². The Balaban J connectivity index is 1.76. The summed E-state index contributed by atoms with van der Waals surface area (Å²) in [6.07, 6.45) is -4.64. The molecule has 0 saturated carbocycles. The predicted octanol–water partition coefficient (Wildman–Crippen LogP) is 4.36. The summed E-state index contributed by atoms with van der Waals surface area (Å²) in [7, 11) is 0. The summed E-state index contributed by atoms with van der Waals surface area (Å²) in [5, 5.41) is 11.2. The zero-order chi connectivity index (χ0) is 20.3. The van der Waals surface area contributed by atoms with Crippen LogP contribution in [0.5, 0.6) is 0 Å². The van der Waals surface area contributed by atoms with Crippen LogP contribution in [0, 0.1) is 10.1 Å². The minimum atomic E-state index is -4.64. The molecule has 1 heterocycles. The molecule has 0 aromatic heterocycles. The number of rotatable bonds is 4. The van der Waals surface area contributed by atoms with Gasteiger partial charge in [-0.2, -0.15) is 13.2 Å². The second-order valence-corrected chi connectivity index (χ2v) is 6.82. The molecule has 10 heteroatoms. The third-order valence-electron chi connectivity index (χ3n) is 4.00. The van der Waals surface area contributed by atoms with Crippen LogP contribution >= 0.6 is 11.8 Å². The highest BCUT2D eigenvalue weighted by molar-refractivity contribution is 8.13. The van der Waals surface area contributed by atoms with Crippen molar-refractivity contribution in [3.63, 3.8) is 0 Å². The Hall–Kier alpha value is -2.88. The number of alkyl halides is 3. The maximum atomic E-state index is 13.2. The normalized spacial score (nSPS) is 14.1. The largest absolute Gasteiger partial charge is 0.417 e. The van der Waals surface area contributed by atoms with Gasteiger partial charge in [0, 0.05) is 24.4 Å². The van der Waals surface area contributed by atoms with E-state index in [-0.39, 0.29) is 18.8 Å². The number of hydrogen-bond donors (Lipinski definition) is 0. The average molecular weight is 409 g/mol. The fourth-order valence-electron chi connectivity index (χ4n) is 2.71. The van der Waals surface area contributed by atoms with Crippen molar-refractivity contribution < 1.29 is 22.9 Å². The number of nitrogens with zero attached hydrogens (tertiary/aromatic N) is 3. The fraction of sp³-hybridized carbons (Fsp3) is 0.222. The zero-order valence-electron chi connectivity index (χ0n) is 14.3. The molecule has 1 aliphatic heterocycles. The highest BCUT2D eigenvalue weighted by atomic mass is 32.2. The topological polar surface area (TPSA) is 75.8 Å². The molecule has 3 rings (SSSR count). The van der Waals surface area contributed by atoms with Crippen molar-refractivity contribution >= 4 is 28.5 Å². The lowest BCUT2D eigenvalue weighted by atomic mass is 10.1. The summed E-state index contributed by atoms with van der Waals surface area (Å²) in [4.78, 5) is 28.5. The van der Waals surface area contributed by atoms with Crippen LogP contribution in [0.25, 0.3) is 0 Å². The third kappa shape index (κ3) is 4.33. The summed E-state index contributed by atoms with van der Waals surface area (Å²) < 4.78 is 39.6. The Kier molecular flexibility index (Phi) is 5.68. The summed E-state index contributed by atoms with van der Waals surface area (Å²) in [6, 6.07) is 10.6. The quantitative estimate of drug-likeness (QED) is 0.555. The molecule has 0 saturated heterocycles. The van der Waals surface area contributed by atoms with Gasteiger partial charge < -0.3 is 0 Å². The first kappa shape index (κ1) is 19.9. The van der Waals surface area contributed by atoms with Crippen LogP contribution in [0.3, 0.4) is 0 Å². The van der Waals surface area contributed by atoms with Gasteiger partial charge in [0.1, 0.15) is 0 Å². The number of nitro benzene ring substituents is 1.